The lowest BCUT2D eigenvalue weighted by Gasteiger charge is -2.37. The number of pyridine rings is 1. The molecule has 1 amide bonds. The molecule has 1 N–H and O–H groups in total. The Morgan fingerprint density at radius 2 is 1.92 bits per heavy atom. The van der Waals surface area contributed by atoms with E-state index < -0.39 is 11.7 Å². The molecule has 0 spiro atoms. The Balaban J connectivity index is 1.41. The molecule has 4 aliphatic heterocycles. The largest absolute Gasteiger partial charge is 0.486 e. The molecule has 2 atom stereocenters. The molecule has 0 radical (unpaired) electrons. The Hall–Kier alpha value is -3.04. The number of carbonyl (C=O) groups excluding carboxylic acids is 1. The monoisotopic (exact) mass is 507 g/mol. The Morgan fingerprint density at radius 3 is 2.73 bits per heavy atom. The van der Waals surface area contributed by atoms with Gasteiger partial charge in [0.25, 0.3) is 0 Å². The molecule has 5 heterocycles. The van der Waals surface area contributed by atoms with E-state index in [9.17, 15) is 4.79 Å². The second-order valence-corrected chi connectivity index (χ2v) is 11.3. The molecule has 6 rings (SSSR count). The van der Waals surface area contributed by atoms with Gasteiger partial charge < -0.3 is 29.3 Å². The highest BCUT2D eigenvalue weighted by molar-refractivity contribution is 5.99. The van der Waals surface area contributed by atoms with Crippen molar-refractivity contribution in [3.8, 4) is 5.75 Å². The fourth-order valence-corrected chi connectivity index (χ4v) is 5.94. The zero-order valence-electron chi connectivity index (χ0n) is 22.0. The predicted octanol–water partition coefficient (Wildman–Crippen LogP) is 4.07. The molecule has 4 aliphatic rings. The molecule has 9 heteroatoms. The summed E-state index contributed by atoms with van der Waals surface area (Å²) >= 11 is 0. The predicted molar refractivity (Wildman–Crippen MR) is 143 cm³/mol. The van der Waals surface area contributed by atoms with E-state index in [1.807, 2.05) is 32.9 Å². The first-order valence-electron chi connectivity index (χ1n) is 13.5. The quantitative estimate of drug-likeness (QED) is 0.652. The van der Waals surface area contributed by atoms with Crippen molar-refractivity contribution >= 4 is 29.0 Å². The van der Waals surface area contributed by atoms with Crippen molar-refractivity contribution in [3.05, 3.63) is 36.0 Å². The Kier molecular flexibility index (Phi) is 6.36. The number of fused-ring (bicyclic) bond motifs is 3. The summed E-state index contributed by atoms with van der Waals surface area (Å²) in [5.41, 5.74) is 3.01. The van der Waals surface area contributed by atoms with Gasteiger partial charge in [-0.25, -0.2) is 14.7 Å². The number of nitrogens with one attached hydrogen (secondary N) is 1. The minimum Gasteiger partial charge on any atom is -0.486 e. The molecular weight excluding hydrogens is 470 g/mol. The highest BCUT2D eigenvalue weighted by Crippen LogP contribution is 2.44. The fraction of sp³-hybridized carbons (Fsp3) is 0.571. The normalized spacial score (nSPS) is 23.5. The maximum atomic E-state index is 13.8. The number of benzene rings is 1. The summed E-state index contributed by atoms with van der Waals surface area (Å²) in [7, 11) is 0. The third-order valence-corrected chi connectivity index (χ3v) is 7.72. The van der Waals surface area contributed by atoms with Crippen molar-refractivity contribution in [1.29, 1.82) is 0 Å². The van der Waals surface area contributed by atoms with Crippen molar-refractivity contribution in [1.82, 2.24) is 10.3 Å². The zero-order valence-corrected chi connectivity index (χ0v) is 22.0. The van der Waals surface area contributed by atoms with Crippen LogP contribution >= 0.6 is 0 Å². The molecule has 198 valence electrons. The van der Waals surface area contributed by atoms with E-state index in [0.717, 1.165) is 56.1 Å². The van der Waals surface area contributed by atoms with Gasteiger partial charge in [-0.1, -0.05) is 0 Å². The van der Waals surface area contributed by atoms with Gasteiger partial charge in [-0.3, -0.25) is 0 Å². The van der Waals surface area contributed by atoms with E-state index in [2.05, 4.69) is 27.2 Å². The summed E-state index contributed by atoms with van der Waals surface area (Å²) in [6.45, 7) is 12.0. The first kappa shape index (κ1) is 24.3. The number of ether oxygens (including phenoxy) is 3. The summed E-state index contributed by atoms with van der Waals surface area (Å²) in [4.78, 5) is 24.8. The van der Waals surface area contributed by atoms with Crippen LogP contribution in [0.1, 0.15) is 39.2 Å². The third-order valence-electron chi connectivity index (χ3n) is 7.72. The number of hydrogen-bond acceptors (Lipinski definition) is 8. The number of piperidine rings is 1. The molecule has 0 saturated carbocycles. The van der Waals surface area contributed by atoms with Gasteiger partial charge in [0, 0.05) is 49.8 Å². The van der Waals surface area contributed by atoms with E-state index in [1.54, 1.807) is 11.1 Å². The lowest BCUT2D eigenvalue weighted by molar-refractivity contribution is 0.0598. The molecule has 0 bridgehead atoms. The van der Waals surface area contributed by atoms with Gasteiger partial charge >= 0.3 is 6.09 Å². The van der Waals surface area contributed by atoms with Crippen LogP contribution in [0, 0.1) is 5.92 Å². The molecule has 0 aliphatic carbocycles. The molecule has 3 saturated heterocycles. The topological polar surface area (TPSA) is 79.4 Å². The summed E-state index contributed by atoms with van der Waals surface area (Å²) in [6.07, 6.45) is 3.65. The molecule has 2 unspecified atom stereocenters. The van der Waals surface area contributed by atoms with E-state index >= 15 is 0 Å². The van der Waals surface area contributed by atoms with Crippen LogP contribution in [0.25, 0.3) is 0 Å². The lowest BCUT2D eigenvalue weighted by Crippen LogP contribution is -2.44. The van der Waals surface area contributed by atoms with Crippen LogP contribution in [0.2, 0.25) is 0 Å². The van der Waals surface area contributed by atoms with Gasteiger partial charge in [0.1, 0.15) is 18.0 Å². The summed E-state index contributed by atoms with van der Waals surface area (Å²) in [5.74, 6) is 1.87. The molecule has 37 heavy (non-hydrogen) atoms. The summed E-state index contributed by atoms with van der Waals surface area (Å²) in [5, 5.41) is 3.64. The number of morpholine rings is 1. The van der Waals surface area contributed by atoms with Crippen LogP contribution in [-0.4, -0.2) is 68.7 Å². The standard InChI is InChI=1S/C28H37N5O4/c1-28(2,3)37-27(34)33-24-16-20(32-11-8-22-19(17-32)6-9-29-22)4-5-25(24)36-18-21-23(7-10-30-26(21)33)31-12-14-35-15-13-31/h4-5,7,10,16,19,22,29H,6,8-9,11-15,17-18H2,1-3H3. The Labute approximate surface area is 218 Å². The van der Waals surface area contributed by atoms with Crippen molar-refractivity contribution < 1.29 is 19.0 Å². The van der Waals surface area contributed by atoms with Gasteiger partial charge in [0.05, 0.1) is 24.5 Å². The zero-order chi connectivity index (χ0) is 25.6. The van der Waals surface area contributed by atoms with Crippen molar-refractivity contribution in [3.63, 3.8) is 0 Å². The van der Waals surface area contributed by atoms with Gasteiger partial charge in [-0.05, 0) is 70.3 Å². The van der Waals surface area contributed by atoms with Crippen molar-refractivity contribution in [2.45, 2.75) is 51.9 Å². The average Bonchev–Trinajstić information content (AvgIpc) is 3.29. The van der Waals surface area contributed by atoms with E-state index in [0.29, 0.717) is 49.0 Å². The number of rotatable bonds is 2. The molecule has 2 aromatic rings. The van der Waals surface area contributed by atoms with Crippen LogP contribution in [0.15, 0.2) is 30.5 Å². The molecule has 1 aromatic heterocycles. The number of hydrogen-bond donors (Lipinski definition) is 1. The van der Waals surface area contributed by atoms with Crippen LogP contribution in [-0.2, 0) is 16.1 Å². The summed E-state index contributed by atoms with van der Waals surface area (Å²) < 4.78 is 17.8. The minimum atomic E-state index is -0.651. The van der Waals surface area contributed by atoms with Gasteiger partial charge in [0.2, 0.25) is 0 Å². The molecular formula is C28H37N5O4. The van der Waals surface area contributed by atoms with Crippen LogP contribution in [0.4, 0.5) is 27.7 Å². The second kappa shape index (κ2) is 9.68. The molecule has 1 aromatic carbocycles. The first-order valence-corrected chi connectivity index (χ1v) is 13.5. The Bertz CT molecular complexity index is 1160. The molecule has 9 nitrogen and oxygen atoms in total. The van der Waals surface area contributed by atoms with Crippen molar-refractivity contribution in [2.24, 2.45) is 5.92 Å². The maximum Gasteiger partial charge on any atom is 0.420 e. The lowest BCUT2D eigenvalue weighted by atomic mass is 9.93. The van der Waals surface area contributed by atoms with E-state index in [-0.39, 0.29) is 0 Å². The van der Waals surface area contributed by atoms with E-state index in [4.69, 9.17) is 19.2 Å². The number of carbonyl (C=O) groups is 1. The van der Waals surface area contributed by atoms with Crippen molar-refractivity contribution in [2.75, 3.05) is 60.6 Å². The van der Waals surface area contributed by atoms with Gasteiger partial charge in [0.15, 0.2) is 5.82 Å². The second-order valence-electron chi connectivity index (χ2n) is 11.3. The maximum absolute atomic E-state index is 13.8. The minimum absolute atomic E-state index is 0.320. The van der Waals surface area contributed by atoms with Gasteiger partial charge in [-0.15, -0.1) is 0 Å². The van der Waals surface area contributed by atoms with Crippen LogP contribution in [0.3, 0.4) is 0 Å². The third kappa shape index (κ3) is 4.82. The number of amides is 1. The summed E-state index contributed by atoms with van der Waals surface area (Å²) in [6, 6.07) is 8.79. The highest BCUT2D eigenvalue weighted by Gasteiger charge is 2.36. The highest BCUT2D eigenvalue weighted by atomic mass is 16.6. The Morgan fingerprint density at radius 1 is 1.08 bits per heavy atom. The molecule has 3 fully saturated rings. The average molecular weight is 508 g/mol. The van der Waals surface area contributed by atoms with E-state index in [1.165, 1.54) is 6.42 Å². The van der Waals surface area contributed by atoms with Crippen LogP contribution in [0.5, 0.6) is 5.75 Å². The fourth-order valence-electron chi connectivity index (χ4n) is 5.94. The van der Waals surface area contributed by atoms with Crippen LogP contribution < -0.4 is 24.8 Å². The number of aromatic nitrogens is 1. The first-order chi connectivity index (χ1) is 17.9. The number of nitrogens with zero attached hydrogens (tertiary/aromatic N) is 4. The smallest absolute Gasteiger partial charge is 0.420 e. The van der Waals surface area contributed by atoms with Gasteiger partial charge in [-0.2, -0.15) is 0 Å². The SMILES string of the molecule is CC(C)(C)OC(=O)N1c2cc(N3CCC4NCCC4C3)ccc2OCc2c(N3CCOCC3)ccnc21. The number of anilines is 4.